The third-order valence-corrected chi connectivity index (χ3v) is 5.71. The van der Waals surface area contributed by atoms with Gasteiger partial charge in [-0.15, -0.1) is 0 Å². The standard InChI is InChI=1S/C25H24F2N4O3/c1-2-13-33-16-9-7-15(8-10-16)18-11-12-21-29-23-19(32)14-28-22(24(23)31(21)30-18)17-5-3-4-6-20(17)34-25(26)27/h3-12,19,22,25,28,32H,2,13-14H2,1H3. The number of ether oxygens (including phenoxy) is 2. The molecule has 1 aliphatic heterocycles. The Kier molecular flexibility index (Phi) is 6.12. The second-order valence-corrected chi connectivity index (χ2v) is 8.02. The van der Waals surface area contributed by atoms with Crippen molar-refractivity contribution in [2.45, 2.75) is 32.1 Å². The van der Waals surface area contributed by atoms with E-state index in [-0.39, 0.29) is 12.3 Å². The number of benzene rings is 2. The Morgan fingerprint density at radius 1 is 1.12 bits per heavy atom. The monoisotopic (exact) mass is 466 g/mol. The van der Waals surface area contributed by atoms with Crippen molar-refractivity contribution in [3.8, 4) is 22.8 Å². The normalized spacial score (nSPS) is 17.7. The highest BCUT2D eigenvalue weighted by atomic mass is 19.3. The first-order chi connectivity index (χ1) is 16.5. The Morgan fingerprint density at radius 2 is 1.91 bits per heavy atom. The van der Waals surface area contributed by atoms with Gasteiger partial charge in [0.15, 0.2) is 5.65 Å². The topological polar surface area (TPSA) is 80.9 Å². The molecule has 7 nitrogen and oxygen atoms in total. The molecule has 0 bridgehead atoms. The smallest absolute Gasteiger partial charge is 0.387 e. The van der Waals surface area contributed by atoms with Gasteiger partial charge in [0.2, 0.25) is 0 Å². The van der Waals surface area contributed by atoms with E-state index in [4.69, 9.17) is 14.6 Å². The van der Waals surface area contributed by atoms with Crippen molar-refractivity contribution in [3.63, 3.8) is 0 Å². The van der Waals surface area contributed by atoms with E-state index in [2.05, 4.69) is 17.2 Å². The average Bonchev–Trinajstić information content (AvgIpc) is 3.23. The molecule has 2 N–H and O–H groups in total. The predicted octanol–water partition coefficient (Wildman–Crippen LogP) is 4.51. The summed E-state index contributed by atoms with van der Waals surface area (Å²) in [6, 6.07) is 17.4. The predicted molar refractivity (Wildman–Crippen MR) is 122 cm³/mol. The van der Waals surface area contributed by atoms with Crippen LogP contribution in [-0.4, -0.2) is 39.5 Å². The lowest BCUT2D eigenvalue weighted by atomic mass is 9.96. The van der Waals surface area contributed by atoms with Crippen LogP contribution in [0, 0.1) is 0 Å². The lowest BCUT2D eigenvalue weighted by Crippen LogP contribution is -2.35. The number of nitrogens with one attached hydrogen (secondary N) is 1. The maximum atomic E-state index is 13.0. The van der Waals surface area contributed by atoms with E-state index in [9.17, 15) is 13.9 Å². The number of fused-ring (bicyclic) bond motifs is 3. The number of para-hydroxylation sites is 1. The van der Waals surface area contributed by atoms with Crippen LogP contribution in [0.4, 0.5) is 8.78 Å². The SMILES string of the molecule is CCCOc1ccc(-c2ccc3nc4c(n3n2)C(c2ccccc2OC(F)F)NCC4O)cc1. The van der Waals surface area contributed by atoms with Crippen LogP contribution in [0.3, 0.4) is 0 Å². The minimum atomic E-state index is -2.95. The van der Waals surface area contributed by atoms with E-state index in [1.165, 1.54) is 6.07 Å². The van der Waals surface area contributed by atoms with Gasteiger partial charge < -0.3 is 19.9 Å². The zero-order chi connectivity index (χ0) is 23.7. The number of halogens is 2. The van der Waals surface area contributed by atoms with E-state index in [1.807, 2.05) is 36.4 Å². The van der Waals surface area contributed by atoms with Gasteiger partial charge in [-0.2, -0.15) is 13.9 Å². The summed E-state index contributed by atoms with van der Waals surface area (Å²) < 4.78 is 38.1. The van der Waals surface area contributed by atoms with Crippen LogP contribution in [0.5, 0.6) is 11.5 Å². The van der Waals surface area contributed by atoms with Gasteiger partial charge in [0, 0.05) is 17.7 Å². The number of nitrogens with zero attached hydrogens (tertiary/aromatic N) is 3. The largest absolute Gasteiger partial charge is 0.494 e. The molecule has 0 radical (unpaired) electrons. The number of imidazole rings is 1. The summed E-state index contributed by atoms with van der Waals surface area (Å²) in [6.07, 6.45) is 0.0766. The first kappa shape index (κ1) is 22.2. The maximum absolute atomic E-state index is 13.0. The third kappa shape index (κ3) is 4.20. The molecule has 0 aliphatic carbocycles. The zero-order valence-electron chi connectivity index (χ0n) is 18.5. The molecule has 0 saturated carbocycles. The molecule has 0 spiro atoms. The molecule has 34 heavy (non-hydrogen) atoms. The van der Waals surface area contributed by atoms with Crippen molar-refractivity contribution in [1.82, 2.24) is 19.9 Å². The Hall–Kier alpha value is -3.56. The van der Waals surface area contributed by atoms with Crippen LogP contribution in [-0.2, 0) is 0 Å². The second kappa shape index (κ2) is 9.36. The van der Waals surface area contributed by atoms with Gasteiger partial charge in [-0.05, 0) is 48.9 Å². The second-order valence-electron chi connectivity index (χ2n) is 8.02. The van der Waals surface area contributed by atoms with Gasteiger partial charge in [-0.25, -0.2) is 9.50 Å². The summed E-state index contributed by atoms with van der Waals surface area (Å²) >= 11 is 0. The Balaban J connectivity index is 1.58. The van der Waals surface area contributed by atoms with Crippen LogP contribution < -0.4 is 14.8 Å². The van der Waals surface area contributed by atoms with E-state index < -0.39 is 18.8 Å². The molecule has 2 aromatic heterocycles. The Labute approximate surface area is 195 Å². The number of alkyl halides is 2. The summed E-state index contributed by atoms with van der Waals surface area (Å²) in [5.74, 6) is 0.848. The number of aliphatic hydroxyl groups is 1. The molecule has 0 amide bonds. The molecule has 3 heterocycles. The first-order valence-electron chi connectivity index (χ1n) is 11.1. The highest BCUT2D eigenvalue weighted by Gasteiger charge is 2.34. The number of β-amino-alcohol motifs (C(OH)–C–C–N with tert-alkyl or cyclic N) is 1. The minimum absolute atomic E-state index is 0.0612. The van der Waals surface area contributed by atoms with Gasteiger partial charge in [0.1, 0.15) is 17.6 Å². The summed E-state index contributed by atoms with van der Waals surface area (Å²) in [6.45, 7) is -0.0309. The quantitative estimate of drug-likeness (QED) is 0.417. The molecule has 0 fully saturated rings. The first-order valence-corrected chi connectivity index (χ1v) is 11.1. The van der Waals surface area contributed by atoms with Crippen molar-refractivity contribution in [2.75, 3.05) is 13.2 Å². The molecule has 0 saturated heterocycles. The zero-order valence-corrected chi connectivity index (χ0v) is 18.5. The van der Waals surface area contributed by atoms with Crippen molar-refractivity contribution in [3.05, 3.63) is 77.6 Å². The molecule has 1 aliphatic rings. The highest BCUT2D eigenvalue weighted by Crippen LogP contribution is 2.37. The van der Waals surface area contributed by atoms with Crippen LogP contribution in [0.1, 0.15) is 42.4 Å². The van der Waals surface area contributed by atoms with Crippen molar-refractivity contribution in [2.24, 2.45) is 0 Å². The Bertz CT molecular complexity index is 1290. The maximum Gasteiger partial charge on any atom is 0.387 e. The van der Waals surface area contributed by atoms with Crippen molar-refractivity contribution in [1.29, 1.82) is 0 Å². The molecule has 2 aromatic carbocycles. The van der Waals surface area contributed by atoms with Crippen molar-refractivity contribution < 1.29 is 23.4 Å². The number of hydrogen-bond acceptors (Lipinski definition) is 6. The van der Waals surface area contributed by atoms with Gasteiger partial charge >= 0.3 is 6.61 Å². The number of aliphatic hydroxyl groups excluding tert-OH is 1. The lowest BCUT2D eigenvalue weighted by molar-refractivity contribution is -0.0507. The van der Waals surface area contributed by atoms with Gasteiger partial charge in [-0.1, -0.05) is 25.1 Å². The fourth-order valence-electron chi connectivity index (χ4n) is 4.18. The summed E-state index contributed by atoms with van der Waals surface area (Å²) in [4.78, 5) is 4.58. The van der Waals surface area contributed by atoms with E-state index in [0.717, 1.165) is 17.7 Å². The number of hydrogen-bond donors (Lipinski definition) is 2. The third-order valence-electron chi connectivity index (χ3n) is 5.71. The summed E-state index contributed by atoms with van der Waals surface area (Å²) in [5.41, 5.74) is 3.70. The van der Waals surface area contributed by atoms with Crippen LogP contribution >= 0.6 is 0 Å². The molecule has 176 valence electrons. The molecular weight excluding hydrogens is 442 g/mol. The van der Waals surface area contributed by atoms with Crippen LogP contribution in [0.15, 0.2) is 60.7 Å². The molecule has 5 rings (SSSR count). The van der Waals surface area contributed by atoms with E-state index in [0.29, 0.717) is 34.9 Å². The molecule has 2 atom stereocenters. The van der Waals surface area contributed by atoms with Gasteiger partial charge in [0.25, 0.3) is 0 Å². The van der Waals surface area contributed by atoms with Crippen LogP contribution in [0.25, 0.3) is 16.9 Å². The number of rotatable bonds is 7. The van der Waals surface area contributed by atoms with Crippen molar-refractivity contribution >= 4 is 5.65 Å². The highest BCUT2D eigenvalue weighted by molar-refractivity contribution is 5.62. The molecular formula is C25H24F2N4O3. The Morgan fingerprint density at radius 3 is 2.68 bits per heavy atom. The van der Waals surface area contributed by atoms with Crippen LogP contribution in [0.2, 0.25) is 0 Å². The lowest BCUT2D eigenvalue weighted by Gasteiger charge is -2.28. The van der Waals surface area contributed by atoms with Gasteiger partial charge in [-0.3, -0.25) is 0 Å². The summed E-state index contributed by atoms with van der Waals surface area (Å²) in [5, 5.41) is 18.6. The number of aromatic nitrogens is 3. The fraction of sp³-hybridized carbons (Fsp3) is 0.280. The fourth-order valence-corrected chi connectivity index (χ4v) is 4.18. The van der Waals surface area contributed by atoms with E-state index >= 15 is 0 Å². The van der Waals surface area contributed by atoms with E-state index in [1.54, 1.807) is 22.7 Å². The molecule has 9 heteroatoms. The average molecular weight is 466 g/mol. The molecule has 4 aromatic rings. The molecule has 2 unspecified atom stereocenters. The minimum Gasteiger partial charge on any atom is -0.494 e. The van der Waals surface area contributed by atoms with Gasteiger partial charge in [0.05, 0.1) is 29.7 Å². The summed E-state index contributed by atoms with van der Waals surface area (Å²) in [7, 11) is 0.